The number of hydrogen-bond acceptors (Lipinski definition) is 4. The second-order valence-corrected chi connectivity index (χ2v) is 10.5. The number of amides is 2. The number of carbonyl (C=O) groups excluding carboxylic acids is 2. The van der Waals surface area contributed by atoms with Gasteiger partial charge in [0.05, 0.1) is 0 Å². The fraction of sp³-hybridized carbons (Fsp3) is 0.257. The van der Waals surface area contributed by atoms with Crippen molar-refractivity contribution in [1.29, 1.82) is 0 Å². The van der Waals surface area contributed by atoms with Crippen molar-refractivity contribution >= 4 is 11.8 Å². The molecule has 0 saturated carbocycles. The van der Waals surface area contributed by atoms with E-state index in [1.54, 1.807) is 4.90 Å². The van der Waals surface area contributed by atoms with E-state index in [0.29, 0.717) is 32.5 Å². The van der Waals surface area contributed by atoms with E-state index in [1.807, 2.05) is 84.9 Å². The summed E-state index contributed by atoms with van der Waals surface area (Å²) in [5.74, 6) is 0.603. The van der Waals surface area contributed by atoms with Gasteiger partial charge in [0.2, 0.25) is 11.8 Å². The molecule has 0 aliphatic carbocycles. The van der Waals surface area contributed by atoms with Crippen LogP contribution in [-0.2, 0) is 29.2 Å². The summed E-state index contributed by atoms with van der Waals surface area (Å²) in [6.07, 6.45) is 2.62. The predicted octanol–water partition coefficient (Wildman–Crippen LogP) is 5.50. The highest BCUT2D eigenvalue weighted by molar-refractivity contribution is 5.97. The average Bonchev–Trinajstić information content (AvgIpc) is 3.02. The lowest BCUT2D eigenvalue weighted by atomic mass is 9.96. The molecule has 1 fully saturated rings. The van der Waals surface area contributed by atoms with Gasteiger partial charge in [0.25, 0.3) is 0 Å². The molecule has 1 heterocycles. The second-order valence-electron chi connectivity index (χ2n) is 10.5. The fourth-order valence-corrected chi connectivity index (χ4v) is 5.25. The smallest absolute Gasteiger partial charge is 0.246 e. The van der Waals surface area contributed by atoms with E-state index in [0.717, 1.165) is 46.4 Å². The molecular formula is C35H37N3O3. The van der Waals surface area contributed by atoms with Crippen molar-refractivity contribution in [3.8, 4) is 16.9 Å². The first-order valence-electron chi connectivity index (χ1n) is 14.3. The normalized spacial score (nSPS) is 16.9. The summed E-state index contributed by atoms with van der Waals surface area (Å²) < 4.78 is 5.90. The van der Waals surface area contributed by atoms with Crippen molar-refractivity contribution in [2.75, 3.05) is 6.54 Å². The van der Waals surface area contributed by atoms with Crippen LogP contribution in [-0.4, -0.2) is 35.3 Å². The van der Waals surface area contributed by atoms with Gasteiger partial charge in [-0.2, -0.15) is 0 Å². The minimum atomic E-state index is -0.618. The Kier molecular flexibility index (Phi) is 9.45. The quantitative estimate of drug-likeness (QED) is 0.230. The van der Waals surface area contributed by atoms with Gasteiger partial charge >= 0.3 is 0 Å². The number of carbonyl (C=O) groups is 2. The molecule has 2 atom stereocenters. The summed E-state index contributed by atoms with van der Waals surface area (Å²) >= 11 is 0. The van der Waals surface area contributed by atoms with E-state index in [1.165, 1.54) is 0 Å². The molecule has 6 heteroatoms. The zero-order valence-corrected chi connectivity index (χ0v) is 23.2. The third-order valence-corrected chi connectivity index (χ3v) is 7.53. The predicted molar refractivity (Wildman–Crippen MR) is 162 cm³/mol. The SMILES string of the molecule is NCCCC[C@H]1C(=O)N[C@@H](Cc2ccc(OCc3ccccc3)cc2)C(=O)N1Cc1ccc(-c2ccccc2)cc1. The summed E-state index contributed by atoms with van der Waals surface area (Å²) in [6.45, 7) is 1.44. The number of hydrogen-bond donors (Lipinski definition) is 2. The summed E-state index contributed by atoms with van der Waals surface area (Å²) in [4.78, 5) is 28.9. The molecule has 6 nitrogen and oxygen atoms in total. The largest absolute Gasteiger partial charge is 0.489 e. The second kappa shape index (κ2) is 13.8. The van der Waals surface area contributed by atoms with Crippen LogP contribution in [0.25, 0.3) is 11.1 Å². The Morgan fingerprint density at radius 2 is 1.34 bits per heavy atom. The third-order valence-electron chi connectivity index (χ3n) is 7.53. The first-order chi connectivity index (χ1) is 20.1. The molecule has 3 N–H and O–H groups in total. The average molecular weight is 548 g/mol. The van der Waals surface area contributed by atoms with Gasteiger partial charge in [-0.1, -0.05) is 97.1 Å². The molecule has 1 aliphatic heterocycles. The molecule has 5 rings (SSSR count). The highest BCUT2D eigenvalue weighted by Crippen LogP contribution is 2.24. The Labute approximate surface area is 242 Å². The van der Waals surface area contributed by atoms with Crippen LogP contribution in [0, 0.1) is 0 Å². The van der Waals surface area contributed by atoms with Crippen molar-refractivity contribution in [2.24, 2.45) is 5.73 Å². The monoisotopic (exact) mass is 547 g/mol. The Hall–Kier alpha value is -4.42. The highest BCUT2D eigenvalue weighted by atomic mass is 16.5. The van der Waals surface area contributed by atoms with Crippen molar-refractivity contribution in [2.45, 2.75) is 50.9 Å². The molecule has 0 unspecified atom stereocenters. The summed E-state index contributed by atoms with van der Waals surface area (Å²) in [5, 5.41) is 3.01. The Balaban J connectivity index is 1.27. The van der Waals surface area contributed by atoms with Crippen LogP contribution in [0.5, 0.6) is 5.75 Å². The van der Waals surface area contributed by atoms with Gasteiger partial charge in [0.1, 0.15) is 24.4 Å². The zero-order chi connectivity index (χ0) is 28.4. The van der Waals surface area contributed by atoms with Crippen molar-refractivity contribution in [1.82, 2.24) is 10.2 Å². The number of nitrogens with two attached hydrogens (primary N) is 1. The van der Waals surface area contributed by atoms with Gasteiger partial charge in [0, 0.05) is 13.0 Å². The molecule has 0 spiro atoms. The van der Waals surface area contributed by atoms with Crippen LogP contribution in [0.2, 0.25) is 0 Å². The number of piperazine rings is 1. The van der Waals surface area contributed by atoms with Gasteiger partial charge < -0.3 is 20.7 Å². The molecule has 4 aromatic rings. The maximum Gasteiger partial charge on any atom is 0.246 e. The van der Waals surface area contributed by atoms with Crippen LogP contribution in [0.1, 0.15) is 36.0 Å². The lowest BCUT2D eigenvalue weighted by Crippen LogP contribution is -2.63. The zero-order valence-electron chi connectivity index (χ0n) is 23.2. The van der Waals surface area contributed by atoms with Crippen LogP contribution in [0.4, 0.5) is 0 Å². The van der Waals surface area contributed by atoms with Crippen LogP contribution in [0.15, 0.2) is 109 Å². The standard InChI is InChI=1S/C35H37N3O3/c36-22-8-7-13-33-34(39)37-32(23-26-16-20-31(21-17-26)41-25-28-9-3-1-4-10-28)35(40)38(33)24-27-14-18-30(19-15-27)29-11-5-2-6-12-29/h1-6,9-12,14-21,32-33H,7-8,13,22-25,36H2,(H,37,39)/t32-,33-/m0/s1. The number of rotatable bonds is 12. The lowest BCUT2D eigenvalue weighted by Gasteiger charge is -2.39. The topological polar surface area (TPSA) is 84.7 Å². The van der Waals surface area contributed by atoms with Gasteiger partial charge in [-0.25, -0.2) is 0 Å². The number of ether oxygens (including phenoxy) is 1. The third kappa shape index (κ3) is 7.41. The maximum atomic E-state index is 13.8. The van der Waals surface area contributed by atoms with Crippen molar-refractivity contribution < 1.29 is 14.3 Å². The van der Waals surface area contributed by atoms with Crippen LogP contribution in [0.3, 0.4) is 0 Å². The van der Waals surface area contributed by atoms with E-state index in [2.05, 4.69) is 29.6 Å². The maximum absolute atomic E-state index is 13.8. The summed E-state index contributed by atoms with van der Waals surface area (Å²) in [7, 11) is 0. The first kappa shape index (κ1) is 28.1. The molecule has 0 aromatic heterocycles. The van der Waals surface area contributed by atoms with E-state index in [9.17, 15) is 9.59 Å². The molecule has 0 radical (unpaired) electrons. The van der Waals surface area contributed by atoms with E-state index < -0.39 is 12.1 Å². The van der Waals surface area contributed by atoms with Crippen molar-refractivity contribution in [3.63, 3.8) is 0 Å². The number of nitrogens with one attached hydrogen (secondary N) is 1. The van der Waals surface area contributed by atoms with Gasteiger partial charge in [-0.05, 0) is 65.8 Å². The highest BCUT2D eigenvalue weighted by Gasteiger charge is 2.40. The molecule has 2 amide bonds. The minimum absolute atomic E-state index is 0.0566. The fourth-order valence-electron chi connectivity index (χ4n) is 5.25. The van der Waals surface area contributed by atoms with Gasteiger partial charge in [-0.3, -0.25) is 9.59 Å². The first-order valence-corrected chi connectivity index (χ1v) is 14.3. The number of unbranched alkanes of at least 4 members (excludes halogenated alkanes) is 1. The van der Waals surface area contributed by atoms with Gasteiger partial charge in [0.15, 0.2) is 0 Å². The molecule has 210 valence electrons. The van der Waals surface area contributed by atoms with Crippen LogP contribution >= 0.6 is 0 Å². The summed E-state index contributed by atoms with van der Waals surface area (Å²) in [6, 6.07) is 35.0. The molecule has 41 heavy (non-hydrogen) atoms. The summed E-state index contributed by atoms with van der Waals surface area (Å²) in [5.41, 5.74) is 11.0. The molecular weight excluding hydrogens is 510 g/mol. The van der Waals surface area contributed by atoms with E-state index in [4.69, 9.17) is 10.5 Å². The number of benzene rings is 4. The Morgan fingerprint density at radius 1 is 0.707 bits per heavy atom. The van der Waals surface area contributed by atoms with Crippen LogP contribution < -0.4 is 15.8 Å². The Morgan fingerprint density at radius 3 is 2.02 bits per heavy atom. The van der Waals surface area contributed by atoms with E-state index >= 15 is 0 Å². The number of nitrogens with zero attached hydrogens (tertiary/aromatic N) is 1. The van der Waals surface area contributed by atoms with E-state index in [-0.39, 0.29) is 11.8 Å². The molecule has 0 bridgehead atoms. The molecule has 4 aromatic carbocycles. The molecule has 1 aliphatic rings. The van der Waals surface area contributed by atoms with Crippen molar-refractivity contribution in [3.05, 3.63) is 126 Å². The lowest BCUT2D eigenvalue weighted by molar-refractivity contribution is -0.150. The van der Waals surface area contributed by atoms with Gasteiger partial charge in [-0.15, -0.1) is 0 Å². The Bertz CT molecular complexity index is 1410. The minimum Gasteiger partial charge on any atom is -0.489 e. The molecule has 1 saturated heterocycles.